The molecule has 9 heteroatoms. The molecular formula is C28H25N5O4. The van der Waals surface area contributed by atoms with Gasteiger partial charge in [0.15, 0.2) is 11.5 Å². The van der Waals surface area contributed by atoms with Crippen LogP contribution in [0.4, 0.5) is 0 Å². The van der Waals surface area contributed by atoms with Gasteiger partial charge in [-0.25, -0.2) is 14.3 Å². The fourth-order valence-corrected chi connectivity index (χ4v) is 4.89. The molecule has 4 heterocycles. The number of aryl methyl sites for hydroxylation is 2. The second-order valence-electron chi connectivity index (χ2n) is 8.98. The minimum absolute atomic E-state index is 0.356. The molecule has 0 fully saturated rings. The fourth-order valence-electron chi connectivity index (χ4n) is 4.89. The van der Waals surface area contributed by atoms with Crippen LogP contribution in [0.3, 0.4) is 0 Å². The summed E-state index contributed by atoms with van der Waals surface area (Å²) in [6.07, 6.45) is 1.78. The Morgan fingerprint density at radius 3 is 2.81 bits per heavy atom. The van der Waals surface area contributed by atoms with Gasteiger partial charge < -0.3 is 9.47 Å². The van der Waals surface area contributed by atoms with Crippen LogP contribution in [0.1, 0.15) is 47.5 Å². The number of allylic oxidation sites excluding steroid dienone is 1. The van der Waals surface area contributed by atoms with E-state index in [1.807, 2.05) is 62.6 Å². The van der Waals surface area contributed by atoms with Crippen LogP contribution in [0.2, 0.25) is 0 Å². The maximum atomic E-state index is 11.7. The normalized spacial score (nSPS) is 14.1. The summed E-state index contributed by atoms with van der Waals surface area (Å²) in [7, 11) is 0. The molecule has 5 aromatic rings. The van der Waals surface area contributed by atoms with E-state index < -0.39 is 5.76 Å². The number of pyridine rings is 1. The van der Waals surface area contributed by atoms with E-state index in [-0.39, 0.29) is 0 Å². The van der Waals surface area contributed by atoms with Gasteiger partial charge in [0.1, 0.15) is 17.9 Å². The maximum Gasteiger partial charge on any atom is 0.439 e. The molecule has 6 rings (SSSR count). The first-order valence-electron chi connectivity index (χ1n) is 12.1. The summed E-state index contributed by atoms with van der Waals surface area (Å²) >= 11 is 0. The third-order valence-corrected chi connectivity index (χ3v) is 6.65. The van der Waals surface area contributed by atoms with Crippen molar-refractivity contribution in [3.8, 4) is 17.4 Å². The molecule has 0 atom stereocenters. The lowest BCUT2D eigenvalue weighted by Gasteiger charge is -2.16. The largest absolute Gasteiger partial charge is 0.488 e. The van der Waals surface area contributed by atoms with Crippen LogP contribution < -0.4 is 15.2 Å². The third kappa shape index (κ3) is 3.70. The minimum Gasteiger partial charge on any atom is -0.488 e. The third-order valence-electron chi connectivity index (χ3n) is 6.65. The molecule has 2 aromatic carbocycles. The van der Waals surface area contributed by atoms with Crippen LogP contribution in [0.15, 0.2) is 58.0 Å². The fraction of sp³-hybridized carbons (Fsp3) is 0.214. The Bertz CT molecular complexity index is 1760. The van der Waals surface area contributed by atoms with Gasteiger partial charge in [0.25, 0.3) is 0 Å². The van der Waals surface area contributed by atoms with Crippen LogP contribution in [0, 0.1) is 13.8 Å². The van der Waals surface area contributed by atoms with Crippen LogP contribution in [0.5, 0.6) is 11.8 Å². The average molecular weight is 496 g/mol. The molecule has 37 heavy (non-hydrogen) atoms. The number of aromatic amines is 1. The Balaban J connectivity index is 1.60. The molecule has 0 amide bonds. The molecule has 1 aliphatic heterocycles. The average Bonchev–Trinajstić information content (AvgIpc) is 3.44. The zero-order valence-electron chi connectivity index (χ0n) is 21.0. The van der Waals surface area contributed by atoms with Crippen LogP contribution in [-0.2, 0) is 6.61 Å². The van der Waals surface area contributed by atoms with Crippen molar-refractivity contribution in [2.75, 3.05) is 6.61 Å². The summed E-state index contributed by atoms with van der Waals surface area (Å²) in [5.74, 6) is 0.544. The van der Waals surface area contributed by atoms with E-state index in [9.17, 15) is 4.79 Å². The topological polar surface area (TPSA) is 108 Å². The molecule has 0 radical (unpaired) electrons. The standard InChI is InChI=1S/C28H25N5O4/c1-5-35-27-30-24-16(3)11-12-29-26(24)33(27)19-9-10-20-18(13-19)14-36-21-8-6-7-15(2)22(21)23(20)17(4)25-31-28(34)37-32-25/h6-13H,5,14H2,1-4H3,(H,31,32,34)/b23-17-. The summed E-state index contributed by atoms with van der Waals surface area (Å²) in [6.45, 7) is 8.74. The van der Waals surface area contributed by atoms with Crippen molar-refractivity contribution in [1.82, 2.24) is 24.7 Å². The first-order chi connectivity index (χ1) is 18.0. The molecule has 0 bridgehead atoms. The van der Waals surface area contributed by atoms with Crippen molar-refractivity contribution in [2.45, 2.75) is 34.3 Å². The van der Waals surface area contributed by atoms with Gasteiger partial charge in [-0.2, -0.15) is 4.98 Å². The summed E-state index contributed by atoms with van der Waals surface area (Å²) in [6, 6.07) is 14.5. The Hall–Kier alpha value is -4.66. The quantitative estimate of drug-likeness (QED) is 0.374. The molecule has 0 aliphatic carbocycles. The highest BCUT2D eigenvalue weighted by atomic mass is 16.5. The van der Waals surface area contributed by atoms with Crippen molar-refractivity contribution < 1.29 is 14.0 Å². The van der Waals surface area contributed by atoms with Gasteiger partial charge in [-0.15, -0.1) is 0 Å². The monoisotopic (exact) mass is 495 g/mol. The number of imidazole rings is 1. The number of benzene rings is 2. The molecule has 186 valence electrons. The van der Waals surface area contributed by atoms with E-state index in [1.165, 1.54) is 0 Å². The zero-order chi connectivity index (χ0) is 25.7. The highest BCUT2D eigenvalue weighted by Crippen LogP contribution is 2.43. The van der Waals surface area contributed by atoms with Gasteiger partial charge >= 0.3 is 11.8 Å². The van der Waals surface area contributed by atoms with Gasteiger partial charge in [0, 0.05) is 17.3 Å². The number of hydrogen-bond acceptors (Lipinski definition) is 7. The van der Waals surface area contributed by atoms with Crippen LogP contribution >= 0.6 is 0 Å². The number of H-pyrrole nitrogens is 1. The Kier molecular flexibility index (Phi) is 5.40. The van der Waals surface area contributed by atoms with E-state index in [4.69, 9.17) is 19.0 Å². The Labute approximate surface area is 212 Å². The van der Waals surface area contributed by atoms with Crippen LogP contribution in [-0.4, -0.2) is 31.3 Å². The first-order valence-corrected chi connectivity index (χ1v) is 12.1. The van der Waals surface area contributed by atoms with Gasteiger partial charge in [-0.05, 0) is 79.8 Å². The summed E-state index contributed by atoms with van der Waals surface area (Å²) in [5, 5.41) is 3.95. The van der Waals surface area contributed by atoms with Crippen molar-refractivity contribution in [1.29, 1.82) is 0 Å². The Morgan fingerprint density at radius 2 is 2.03 bits per heavy atom. The number of ether oxygens (including phenoxy) is 2. The maximum absolute atomic E-state index is 11.7. The predicted octanol–water partition coefficient (Wildman–Crippen LogP) is 4.98. The molecule has 1 N–H and O–H groups in total. The minimum atomic E-state index is -0.598. The summed E-state index contributed by atoms with van der Waals surface area (Å²) in [4.78, 5) is 23.8. The SMILES string of the molecule is CCOc1nc2c(C)ccnc2n1-c1ccc2c(c1)COc1cccc(C)c1/C2=C(/C)c1noc(=O)[nH]1. The predicted molar refractivity (Wildman–Crippen MR) is 139 cm³/mol. The molecular weight excluding hydrogens is 470 g/mol. The van der Waals surface area contributed by atoms with Crippen molar-refractivity contribution in [3.63, 3.8) is 0 Å². The summed E-state index contributed by atoms with van der Waals surface area (Å²) < 4.78 is 19.0. The molecule has 0 unspecified atom stereocenters. The number of fused-ring (bicyclic) bond motifs is 3. The molecule has 3 aromatic heterocycles. The van der Waals surface area contributed by atoms with Crippen LogP contribution in [0.25, 0.3) is 28.0 Å². The van der Waals surface area contributed by atoms with E-state index in [0.29, 0.717) is 25.0 Å². The number of rotatable bonds is 4. The van der Waals surface area contributed by atoms with E-state index in [2.05, 4.69) is 27.3 Å². The molecule has 0 saturated heterocycles. The van der Waals surface area contributed by atoms with E-state index in [0.717, 1.165) is 61.6 Å². The van der Waals surface area contributed by atoms with Gasteiger partial charge in [0.05, 0.1) is 12.3 Å². The Morgan fingerprint density at radius 1 is 1.16 bits per heavy atom. The highest BCUT2D eigenvalue weighted by Gasteiger charge is 2.26. The smallest absolute Gasteiger partial charge is 0.439 e. The van der Waals surface area contributed by atoms with Gasteiger partial charge in [-0.1, -0.05) is 23.4 Å². The molecule has 0 saturated carbocycles. The first kappa shape index (κ1) is 22.8. The number of aromatic nitrogens is 5. The van der Waals surface area contributed by atoms with Crippen molar-refractivity contribution in [3.05, 3.63) is 92.9 Å². The molecule has 0 spiro atoms. The lowest BCUT2D eigenvalue weighted by molar-refractivity contribution is 0.305. The van der Waals surface area contributed by atoms with E-state index >= 15 is 0 Å². The second kappa shape index (κ2) is 8.77. The lowest BCUT2D eigenvalue weighted by Crippen LogP contribution is -2.05. The second-order valence-corrected chi connectivity index (χ2v) is 8.98. The van der Waals surface area contributed by atoms with Gasteiger partial charge in [0.2, 0.25) is 0 Å². The summed E-state index contributed by atoms with van der Waals surface area (Å²) in [5.41, 5.74) is 9.06. The number of hydrogen-bond donors (Lipinski definition) is 1. The molecule has 9 nitrogen and oxygen atoms in total. The number of nitrogens with one attached hydrogen (secondary N) is 1. The number of nitrogens with zero attached hydrogens (tertiary/aromatic N) is 4. The van der Waals surface area contributed by atoms with Gasteiger partial charge in [-0.3, -0.25) is 9.51 Å². The zero-order valence-corrected chi connectivity index (χ0v) is 21.0. The van der Waals surface area contributed by atoms with E-state index in [1.54, 1.807) is 6.20 Å². The van der Waals surface area contributed by atoms with Crippen molar-refractivity contribution >= 4 is 22.3 Å². The highest BCUT2D eigenvalue weighted by molar-refractivity contribution is 6.00. The van der Waals surface area contributed by atoms with Crippen molar-refractivity contribution in [2.24, 2.45) is 0 Å². The lowest BCUT2D eigenvalue weighted by atomic mass is 9.88. The molecule has 1 aliphatic rings.